The molecule has 0 aromatic heterocycles. The molecular weight excluding hydrogens is 275 g/mol. The number of carboxylic acid groups (broad SMARTS) is 1. The van der Waals surface area contributed by atoms with Crippen LogP contribution < -0.4 is 0 Å². The van der Waals surface area contributed by atoms with E-state index in [-0.39, 0.29) is 11.5 Å². The van der Waals surface area contributed by atoms with E-state index in [1.54, 1.807) is 24.0 Å². The number of rotatable bonds is 3. The number of benzene rings is 1. The van der Waals surface area contributed by atoms with Crippen molar-refractivity contribution in [3.63, 3.8) is 0 Å². The van der Waals surface area contributed by atoms with Crippen LogP contribution in [0, 0.1) is 5.82 Å². The lowest BCUT2D eigenvalue weighted by atomic mass is 10.2. The number of carbonyl (C=O) groups excluding carboxylic acids is 1. The Kier molecular flexibility index (Phi) is 4.90. The number of nitrogens with zero attached hydrogens (tertiary/aromatic N) is 2. The fourth-order valence-electron chi connectivity index (χ4n) is 2.49. The predicted octanol–water partition coefficient (Wildman–Crippen LogP) is 1.45. The number of hydrogen-bond acceptors (Lipinski definition) is 3. The Morgan fingerprint density at radius 3 is 2.57 bits per heavy atom. The molecule has 5 nitrogen and oxygen atoms in total. The highest BCUT2D eigenvalue weighted by atomic mass is 19.1. The summed E-state index contributed by atoms with van der Waals surface area (Å²) in [6.45, 7) is 3.65. The van der Waals surface area contributed by atoms with Crippen LogP contribution in [0.2, 0.25) is 0 Å². The first-order valence-electron chi connectivity index (χ1n) is 7.01. The van der Waals surface area contributed by atoms with Gasteiger partial charge in [-0.1, -0.05) is 12.1 Å². The summed E-state index contributed by atoms with van der Waals surface area (Å²) in [7, 11) is 0. The van der Waals surface area contributed by atoms with E-state index < -0.39 is 17.8 Å². The van der Waals surface area contributed by atoms with Crippen molar-refractivity contribution in [2.45, 2.75) is 19.4 Å². The van der Waals surface area contributed by atoms with E-state index in [1.807, 2.05) is 4.90 Å². The molecule has 0 radical (unpaired) electrons. The minimum absolute atomic E-state index is 0.0669. The lowest BCUT2D eigenvalue weighted by Gasteiger charge is -2.24. The zero-order chi connectivity index (χ0) is 15.4. The largest absolute Gasteiger partial charge is 0.480 e. The molecule has 1 heterocycles. The fourth-order valence-corrected chi connectivity index (χ4v) is 2.49. The Bertz CT molecular complexity index is 535. The van der Waals surface area contributed by atoms with Gasteiger partial charge in [-0.05, 0) is 25.5 Å². The molecule has 0 bridgehead atoms. The average Bonchev–Trinajstić information content (AvgIpc) is 2.72. The lowest BCUT2D eigenvalue weighted by molar-refractivity contribution is -0.142. The number of amides is 1. The second-order valence-electron chi connectivity index (χ2n) is 5.18. The van der Waals surface area contributed by atoms with E-state index >= 15 is 0 Å². The van der Waals surface area contributed by atoms with Crippen LogP contribution in [0.15, 0.2) is 24.3 Å². The molecule has 1 aliphatic rings. The second kappa shape index (κ2) is 6.67. The van der Waals surface area contributed by atoms with Gasteiger partial charge in [0.1, 0.15) is 11.9 Å². The van der Waals surface area contributed by atoms with Gasteiger partial charge in [-0.15, -0.1) is 0 Å². The van der Waals surface area contributed by atoms with E-state index in [9.17, 15) is 14.0 Å². The summed E-state index contributed by atoms with van der Waals surface area (Å²) in [5, 5.41) is 9.04. The van der Waals surface area contributed by atoms with Crippen molar-refractivity contribution in [3.05, 3.63) is 35.6 Å². The molecule has 1 aliphatic heterocycles. The smallest absolute Gasteiger partial charge is 0.320 e. The maximum atomic E-state index is 13.7. The van der Waals surface area contributed by atoms with Crippen molar-refractivity contribution >= 4 is 11.9 Å². The molecule has 6 heteroatoms. The van der Waals surface area contributed by atoms with Crippen LogP contribution in [0.3, 0.4) is 0 Å². The summed E-state index contributed by atoms with van der Waals surface area (Å²) in [4.78, 5) is 26.8. The van der Waals surface area contributed by atoms with Crippen molar-refractivity contribution in [1.82, 2.24) is 9.80 Å². The standard InChI is InChI=1S/C15H19FN2O3/c1-11(15(20)21)17-7-4-8-18(10-9-17)14(19)12-5-2-3-6-13(12)16/h2-3,5-6,11H,4,7-10H2,1H3,(H,20,21)/t11-/m1/s1. The summed E-state index contributed by atoms with van der Waals surface area (Å²) in [5.41, 5.74) is 0.0669. The molecule has 1 saturated heterocycles. The summed E-state index contributed by atoms with van der Waals surface area (Å²) >= 11 is 0. The minimum atomic E-state index is -0.871. The van der Waals surface area contributed by atoms with Crippen LogP contribution in [0.1, 0.15) is 23.7 Å². The van der Waals surface area contributed by atoms with Gasteiger partial charge in [-0.3, -0.25) is 14.5 Å². The van der Waals surface area contributed by atoms with Gasteiger partial charge in [0.25, 0.3) is 5.91 Å². The van der Waals surface area contributed by atoms with Crippen molar-refractivity contribution in [2.24, 2.45) is 0 Å². The Morgan fingerprint density at radius 1 is 1.19 bits per heavy atom. The number of hydrogen-bond donors (Lipinski definition) is 1. The topological polar surface area (TPSA) is 60.9 Å². The molecule has 1 aromatic rings. The van der Waals surface area contributed by atoms with E-state index in [1.165, 1.54) is 12.1 Å². The highest BCUT2D eigenvalue weighted by Crippen LogP contribution is 2.13. The van der Waals surface area contributed by atoms with Crippen LogP contribution in [0.5, 0.6) is 0 Å². The first kappa shape index (κ1) is 15.4. The molecule has 114 valence electrons. The van der Waals surface area contributed by atoms with Crippen molar-refractivity contribution in [2.75, 3.05) is 26.2 Å². The molecule has 1 aromatic carbocycles. The maximum absolute atomic E-state index is 13.7. The average molecular weight is 294 g/mol. The van der Waals surface area contributed by atoms with Crippen LogP contribution in [-0.2, 0) is 4.79 Å². The van der Waals surface area contributed by atoms with Crippen molar-refractivity contribution < 1.29 is 19.1 Å². The SMILES string of the molecule is C[C@H](C(=O)O)N1CCCN(C(=O)c2ccccc2F)CC1. The molecule has 1 fully saturated rings. The van der Waals surface area contributed by atoms with Crippen molar-refractivity contribution in [3.8, 4) is 0 Å². The number of aliphatic carboxylic acids is 1. The summed E-state index contributed by atoms with van der Waals surface area (Å²) in [5.74, 6) is -1.73. The molecule has 1 N–H and O–H groups in total. The van der Waals surface area contributed by atoms with E-state index in [4.69, 9.17) is 5.11 Å². The first-order valence-corrected chi connectivity index (χ1v) is 7.01. The number of halogens is 1. The lowest BCUT2D eigenvalue weighted by Crippen LogP contribution is -2.42. The third-order valence-corrected chi connectivity index (χ3v) is 3.83. The van der Waals surface area contributed by atoms with Crippen LogP contribution >= 0.6 is 0 Å². The van der Waals surface area contributed by atoms with E-state index in [2.05, 4.69) is 0 Å². The minimum Gasteiger partial charge on any atom is -0.480 e. The molecular formula is C15H19FN2O3. The Hall–Kier alpha value is -1.95. The highest BCUT2D eigenvalue weighted by Gasteiger charge is 2.26. The number of carboxylic acids is 1. The Morgan fingerprint density at radius 2 is 1.90 bits per heavy atom. The van der Waals surface area contributed by atoms with Gasteiger partial charge < -0.3 is 10.0 Å². The third kappa shape index (κ3) is 3.58. The normalized spacial score (nSPS) is 18.1. The molecule has 1 atom stereocenters. The maximum Gasteiger partial charge on any atom is 0.320 e. The van der Waals surface area contributed by atoms with Crippen LogP contribution in [0.4, 0.5) is 4.39 Å². The van der Waals surface area contributed by atoms with Gasteiger partial charge in [-0.25, -0.2) is 4.39 Å². The molecule has 0 spiro atoms. The molecule has 21 heavy (non-hydrogen) atoms. The molecule has 0 unspecified atom stereocenters. The fraction of sp³-hybridized carbons (Fsp3) is 0.467. The summed E-state index contributed by atoms with van der Waals surface area (Å²) < 4.78 is 13.7. The highest BCUT2D eigenvalue weighted by molar-refractivity contribution is 5.94. The molecule has 1 amide bonds. The third-order valence-electron chi connectivity index (χ3n) is 3.83. The molecule has 0 saturated carbocycles. The second-order valence-corrected chi connectivity index (χ2v) is 5.18. The summed E-state index contributed by atoms with van der Waals surface area (Å²) in [6, 6.07) is 5.34. The van der Waals surface area contributed by atoms with Gasteiger partial charge in [-0.2, -0.15) is 0 Å². The van der Waals surface area contributed by atoms with Gasteiger partial charge in [0, 0.05) is 26.2 Å². The zero-order valence-corrected chi connectivity index (χ0v) is 12.0. The van der Waals surface area contributed by atoms with Gasteiger partial charge in [0.15, 0.2) is 0 Å². The van der Waals surface area contributed by atoms with Gasteiger partial charge in [0.05, 0.1) is 5.56 Å². The quantitative estimate of drug-likeness (QED) is 0.916. The van der Waals surface area contributed by atoms with E-state index in [0.29, 0.717) is 32.6 Å². The van der Waals surface area contributed by atoms with Crippen LogP contribution in [0.25, 0.3) is 0 Å². The summed E-state index contributed by atoms with van der Waals surface area (Å²) in [6.07, 6.45) is 0.678. The molecule has 2 rings (SSSR count). The van der Waals surface area contributed by atoms with E-state index in [0.717, 1.165) is 0 Å². The Balaban J connectivity index is 2.05. The zero-order valence-electron chi connectivity index (χ0n) is 12.0. The van der Waals surface area contributed by atoms with Gasteiger partial charge >= 0.3 is 5.97 Å². The molecule has 0 aliphatic carbocycles. The number of carbonyl (C=O) groups is 2. The predicted molar refractivity (Wildman–Crippen MR) is 75.6 cm³/mol. The van der Waals surface area contributed by atoms with Gasteiger partial charge in [0.2, 0.25) is 0 Å². The first-order chi connectivity index (χ1) is 10.0. The Labute approximate surface area is 123 Å². The monoisotopic (exact) mass is 294 g/mol. The van der Waals surface area contributed by atoms with Crippen LogP contribution in [-0.4, -0.2) is 59.0 Å². The van der Waals surface area contributed by atoms with Crippen molar-refractivity contribution in [1.29, 1.82) is 0 Å².